The molecule has 0 aromatic heterocycles. The second-order valence-corrected chi connectivity index (χ2v) is 3.86. The Kier molecular flexibility index (Phi) is 8.27. The quantitative estimate of drug-likeness (QED) is 0.577. The van der Waals surface area contributed by atoms with Crippen LogP contribution in [0.2, 0.25) is 0 Å². The van der Waals surface area contributed by atoms with Crippen LogP contribution in [0.25, 0.3) is 0 Å². The van der Waals surface area contributed by atoms with Gasteiger partial charge in [0.15, 0.2) is 0 Å². The SMILES string of the molecule is CC(=O)[O-].CCCC[N+](C)(C)C. The highest BCUT2D eigenvalue weighted by molar-refractivity contribution is 5.60. The molecule has 0 bridgehead atoms. The molecule has 0 saturated carbocycles. The first-order valence-electron chi connectivity index (χ1n) is 4.27. The fourth-order valence-electron chi connectivity index (χ4n) is 0.632. The van der Waals surface area contributed by atoms with Gasteiger partial charge >= 0.3 is 0 Å². The van der Waals surface area contributed by atoms with E-state index in [1.165, 1.54) is 19.4 Å². The van der Waals surface area contributed by atoms with Gasteiger partial charge in [-0.25, -0.2) is 0 Å². The van der Waals surface area contributed by atoms with E-state index in [9.17, 15) is 0 Å². The predicted molar refractivity (Wildman–Crippen MR) is 48.5 cm³/mol. The van der Waals surface area contributed by atoms with E-state index in [-0.39, 0.29) is 0 Å². The van der Waals surface area contributed by atoms with Crippen molar-refractivity contribution in [2.75, 3.05) is 27.7 Å². The van der Waals surface area contributed by atoms with Crippen molar-refractivity contribution in [1.29, 1.82) is 0 Å². The van der Waals surface area contributed by atoms with E-state index in [0.29, 0.717) is 0 Å². The van der Waals surface area contributed by atoms with Crippen molar-refractivity contribution in [3.8, 4) is 0 Å². The van der Waals surface area contributed by atoms with Crippen LogP contribution in [0.15, 0.2) is 0 Å². The lowest BCUT2D eigenvalue weighted by Crippen LogP contribution is -2.35. The Balaban J connectivity index is 0. The number of hydrogen-bond donors (Lipinski definition) is 0. The van der Waals surface area contributed by atoms with Crippen LogP contribution in [0.3, 0.4) is 0 Å². The van der Waals surface area contributed by atoms with Gasteiger partial charge in [0.1, 0.15) is 0 Å². The summed E-state index contributed by atoms with van der Waals surface area (Å²) in [7, 11) is 6.70. The highest BCUT2D eigenvalue weighted by atomic mass is 16.4. The van der Waals surface area contributed by atoms with Gasteiger partial charge in [0.25, 0.3) is 0 Å². The Bertz CT molecular complexity index is 112. The molecular weight excluding hydrogens is 154 g/mol. The van der Waals surface area contributed by atoms with Crippen LogP contribution in [-0.4, -0.2) is 38.1 Å². The maximum absolute atomic E-state index is 8.89. The van der Waals surface area contributed by atoms with E-state index in [1.54, 1.807) is 0 Å². The van der Waals surface area contributed by atoms with Crippen LogP contribution in [0.4, 0.5) is 0 Å². The summed E-state index contributed by atoms with van der Waals surface area (Å²) in [6, 6.07) is 0. The Morgan fingerprint density at radius 2 is 1.67 bits per heavy atom. The summed E-state index contributed by atoms with van der Waals surface area (Å²) in [5, 5.41) is 8.89. The van der Waals surface area contributed by atoms with Crippen LogP contribution in [0.1, 0.15) is 26.7 Å². The lowest BCUT2D eigenvalue weighted by atomic mass is 10.3. The van der Waals surface area contributed by atoms with Gasteiger partial charge < -0.3 is 14.4 Å². The van der Waals surface area contributed by atoms with Crippen molar-refractivity contribution in [2.24, 2.45) is 0 Å². The first-order valence-corrected chi connectivity index (χ1v) is 4.27. The van der Waals surface area contributed by atoms with Crippen LogP contribution in [-0.2, 0) is 4.79 Å². The largest absolute Gasteiger partial charge is 0.550 e. The monoisotopic (exact) mass is 175 g/mol. The van der Waals surface area contributed by atoms with Crippen LogP contribution in [0.5, 0.6) is 0 Å². The van der Waals surface area contributed by atoms with Gasteiger partial charge in [0.05, 0.1) is 27.7 Å². The molecule has 0 amide bonds. The number of aliphatic carboxylic acids is 1. The van der Waals surface area contributed by atoms with Crippen molar-refractivity contribution >= 4 is 5.97 Å². The van der Waals surface area contributed by atoms with Crippen LogP contribution in [0, 0.1) is 0 Å². The highest BCUT2D eigenvalue weighted by Gasteiger charge is 2.02. The number of hydrogen-bond acceptors (Lipinski definition) is 2. The van der Waals surface area contributed by atoms with Gasteiger partial charge in [-0.1, -0.05) is 13.3 Å². The molecule has 0 spiro atoms. The average Bonchev–Trinajstić information content (AvgIpc) is 1.80. The van der Waals surface area contributed by atoms with Gasteiger partial charge in [-0.15, -0.1) is 0 Å². The van der Waals surface area contributed by atoms with E-state index in [1.807, 2.05) is 0 Å². The van der Waals surface area contributed by atoms with Gasteiger partial charge in [-0.05, 0) is 13.3 Å². The number of carbonyl (C=O) groups excluding carboxylic acids is 1. The summed E-state index contributed by atoms with van der Waals surface area (Å²) in [6.07, 6.45) is 2.67. The Labute approximate surface area is 75.6 Å². The molecule has 12 heavy (non-hydrogen) atoms. The molecule has 0 unspecified atom stereocenters. The molecule has 3 heteroatoms. The minimum atomic E-state index is -1.08. The smallest absolute Gasteiger partial charge is 0.0780 e. The normalized spacial score (nSPS) is 10.1. The first-order chi connectivity index (χ1) is 5.29. The first kappa shape index (κ1) is 14.0. The zero-order valence-electron chi connectivity index (χ0n) is 8.89. The van der Waals surface area contributed by atoms with Crippen molar-refractivity contribution in [3.05, 3.63) is 0 Å². The summed E-state index contributed by atoms with van der Waals surface area (Å²) in [5.74, 6) is -1.08. The molecule has 0 aliphatic heterocycles. The second-order valence-electron chi connectivity index (χ2n) is 3.86. The molecule has 0 aliphatic carbocycles. The molecule has 0 saturated heterocycles. The van der Waals surface area contributed by atoms with E-state index >= 15 is 0 Å². The molecular formula is C9H21NO2. The number of unbranched alkanes of at least 4 members (excludes halogenated alkanes) is 1. The van der Waals surface area contributed by atoms with Crippen molar-refractivity contribution in [3.63, 3.8) is 0 Å². The third kappa shape index (κ3) is 34.1. The number of carboxylic acid groups (broad SMARTS) is 1. The molecule has 0 fully saturated rings. The topological polar surface area (TPSA) is 40.1 Å². The fourth-order valence-corrected chi connectivity index (χ4v) is 0.632. The predicted octanol–water partition coefficient (Wildman–Crippen LogP) is 0.249. The molecule has 0 aromatic carbocycles. The zero-order chi connectivity index (χ0) is 10.2. The van der Waals surface area contributed by atoms with Crippen molar-refractivity contribution in [2.45, 2.75) is 26.7 Å². The van der Waals surface area contributed by atoms with E-state index in [4.69, 9.17) is 9.90 Å². The molecule has 0 aromatic rings. The summed E-state index contributed by atoms with van der Waals surface area (Å²) < 4.78 is 1.10. The highest BCUT2D eigenvalue weighted by Crippen LogP contribution is 1.94. The summed E-state index contributed by atoms with van der Waals surface area (Å²) in [6.45, 7) is 4.51. The third-order valence-corrected chi connectivity index (χ3v) is 1.18. The average molecular weight is 175 g/mol. The van der Waals surface area contributed by atoms with Gasteiger partial charge in [0.2, 0.25) is 0 Å². The number of quaternary nitrogens is 1. The third-order valence-electron chi connectivity index (χ3n) is 1.18. The van der Waals surface area contributed by atoms with E-state index < -0.39 is 5.97 Å². The molecule has 0 radical (unpaired) electrons. The Hall–Kier alpha value is -0.570. The maximum Gasteiger partial charge on any atom is 0.0780 e. The number of carbonyl (C=O) groups is 1. The molecule has 0 N–H and O–H groups in total. The molecule has 74 valence electrons. The maximum atomic E-state index is 8.89. The van der Waals surface area contributed by atoms with Crippen LogP contribution >= 0.6 is 0 Å². The zero-order valence-corrected chi connectivity index (χ0v) is 8.89. The van der Waals surface area contributed by atoms with Gasteiger partial charge in [0, 0.05) is 5.97 Å². The number of carboxylic acids is 1. The molecule has 0 aliphatic rings. The summed E-state index contributed by atoms with van der Waals surface area (Å²) >= 11 is 0. The van der Waals surface area contributed by atoms with E-state index in [2.05, 4.69) is 28.1 Å². The minimum absolute atomic E-state index is 0.972. The minimum Gasteiger partial charge on any atom is -0.550 e. The Morgan fingerprint density at radius 3 is 1.75 bits per heavy atom. The number of rotatable bonds is 3. The van der Waals surface area contributed by atoms with Crippen molar-refractivity contribution in [1.82, 2.24) is 0 Å². The van der Waals surface area contributed by atoms with Crippen LogP contribution < -0.4 is 5.11 Å². The standard InChI is InChI=1S/C7H18N.C2H4O2/c1-5-6-7-8(2,3)4;1-2(3)4/h5-7H2,1-4H3;1H3,(H,3,4)/q+1;/p-1. The lowest BCUT2D eigenvalue weighted by molar-refractivity contribution is -0.870. The molecule has 0 atom stereocenters. The summed E-state index contributed by atoms with van der Waals surface area (Å²) in [4.78, 5) is 8.89. The summed E-state index contributed by atoms with van der Waals surface area (Å²) in [5.41, 5.74) is 0. The van der Waals surface area contributed by atoms with E-state index in [0.717, 1.165) is 11.4 Å². The van der Waals surface area contributed by atoms with Gasteiger partial charge in [-0.2, -0.15) is 0 Å². The fraction of sp³-hybridized carbons (Fsp3) is 0.889. The second kappa shape index (κ2) is 7.10. The van der Waals surface area contributed by atoms with Gasteiger partial charge in [-0.3, -0.25) is 0 Å². The lowest BCUT2D eigenvalue weighted by Gasteiger charge is -2.23. The Morgan fingerprint density at radius 1 is 1.33 bits per heavy atom. The molecule has 0 heterocycles. The number of nitrogens with zero attached hydrogens (tertiary/aromatic N) is 1. The van der Waals surface area contributed by atoms with Crippen molar-refractivity contribution < 1.29 is 14.4 Å². The molecule has 3 nitrogen and oxygen atoms in total. The molecule has 0 rings (SSSR count).